The van der Waals surface area contributed by atoms with Crippen LogP contribution in [0.5, 0.6) is 0 Å². The molecule has 0 N–H and O–H groups in total. The van der Waals surface area contributed by atoms with Crippen LogP contribution < -0.4 is 0 Å². The van der Waals surface area contributed by atoms with Crippen molar-refractivity contribution in [3.05, 3.63) is 0 Å². The van der Waals surface area contributed by atoms with Gasteiger partial charge in [0.15, 0.2) is 0 Å². The molecule has 3 aliphatic carbocycles. The van der Waals surface area contributed by atoms with Crippen LogP contribution in [0.25, 0.3) is 0 Å². The highest BCUT2D eigenvalue weighted by Gasteiger charge is 2.58. The van der Waals surface area contributed by atoms with E-state index in [0.29, 0.717) is 0 Å². The fourth-order valence-corrected chi connectivity index (χ4v) is 4.22. The van der Waals surface area contributed by atoms with Crippen LogP contribution in [-0.2, 0) is 0 Å². The molecule has 0 bridgehead atoms. The van der Waals surface area contributed by atoms with Gasteiger partial charge in [0, 0.05) is 0 Å². The number of fused-ring (bicyclic) bond motifs is 4. The molecule has 3 fully saturated rings. The van der Waals surface area contributed by atoms with Crippen LogP contribution in [0.2, 0.25) is 0 Å². The lowest BCUT2D eigenvalue weighted by atomic mass is 9.40. The number of hydrogen-bond donors (Lipinski definition) is 0. The van der Waals surface area contributed by atoms with Crippen LogP contribution in [0.4, 0.5) is 0 Å². The molecule has 0 saturated heterocycles. The highest BCUT2D eigenvalue weighted by Crippen LogP contribution is 2.65. The maximum Gasteiger partial charge on any atom is -0.0326 e. The lowest BCUT2D eigenvalue weighted by molar-refractivity contribution is -0.163. The summed E-state index contributed by atoms with van der Waals surface area (Å²) in [5.74, 6) is 5.89. The van der Waals surface area contributed by atoms with E-state index in [1.807, 2.05) is 0 Å². The third-order valence-electron chi connectivity index (χ3n) is 4.71. The van der Waals surface area contributed by atoms with E-state index in [1.54, 1.807) is 25.7 Å². The van der Waals surface area contributed by atoms with Gasteiger partial charge in [-0.05, 0) is 48.9 Å². The van der Waals surface area contributed by atoms with Gasteiger partial charge in [-0.25, -0.2) is 0 Å². The van der Waals surface area contributed by atoms with Gasteiger partial charge in [0.25, 0.3) is 0 Å². The van der Waals surface area contributed by atoms with E-state index in [1.165, 1.54) is 30.1 Å². The largest absolute Gasteiger partial charge is 0.0622 e. The molecule has 3 rings (SSSR count). The van der Waals surface area contributed by atoms with Crippen LogP contribution in [-0.4, -0.2) is 0 Å². The summed E-state index contributed by atoms with van der Waals surface area (Å²) in [6, 6.07) is 0. The summed E-state index contributed by atoms with van der Waals surface area (Å²) < 4.78 is 0. The molecule has 0 heterocycles. The van der Waals surface area contributed by atoms with Crippen molar-refractivity contribution in [2.24, 2.45) is 29.6 Å². The molecule has 5 atom stereocenters. The van der Waals surface area contributed by atoms with Crippen molar-refractivity contribution in [1.82, 2.24) is 0 Å². The summed E-state index contributed by atoms with van der Waals surface area (Å²) in [6.07, 6.45) is 7.82. The van der Waals surface area contributed by atoms with E-state index in [-0.39, 0.29) is 0 Å². The topological polar surface area (TPSA) is 0 Å². The Kier molecular flexibility index (Phi) is 1.20. The lowest BCUT2D eigenvalue weighted by Gasteiger charge is -2.65. The van der Waals surface area contributed by atoms with E-state index >= 15 is 0 Å². The van der Waals surface area contributed by atoms with Crippen molar-refractivity contribution < 1.29 is 0 Å². The Hall–Kier alpha value is 0. The number of rotatable bonds is 0. The Morgan fingerprint density at radius 2 is 1.64 bits per heavy atom. The van der Waals surface area contributed by atoms with E-state index in [4.69, 9.17) is 0 Å². The molecule has 5 unspecified atom stereocenters. The van der Waals surface area contributed by atoms with Crippen LogP contribution in [0.1, 0.15) is 39.0 Å². The molecule has 0 spiro atoms. The third-order valence-corrected chi connectivity index (χ3v) is 4.71. The average Bonchev–Trinajstić information content (AvgIpc) is 1.99. The predicted octanol–water partition coefficient (Wildman–Crippen LogP) is 3.08. The Balaban J connectivity index is 1.75. The second kappa shape index (κ2) is 2.02. The van der Waals surface area contributed by atoms with Crippen LogP contribution >= 0.6 is 0 Å². The fraction of sp³-hybridized carbons (Fsp3) is 1.00. The fourth-order valence-electron chi connectivity index (χ4n) is 4.22. The summed E-state index contributed by atoms with van der Waals surface area (Å²) in [4.78, 5) is 0. The van der Waals surface area contributed by atoms with Gasteiger partial charge < -0.3 is 0 Å². The molecule has 0 aromatic rings. The van der Waals surface area contributed by atoms with Crippen molar-refractivity contribution >= 4 is 0 Å². The first-order valence-electron chi connectivity index (χ1n) is 5.38. The standard InChI is InChI=1S/C11H18/c1-7-6-10-8-4-2-3-5-9(8)11(7)10/h7-11H,2-6H2,1H3. The Labute approximate surface area is 69.4 Å². The highest BCUT2D eigenvalue weighted by atomic mass is 14.6. The molecule has 0 nitrogen and oxygen atoms in total. The normalized spacial score (nSPS) is 60.3. The molecular formula is C11H18. The summed E-state index contributed by atoms with van der Waals surface area (Å²) in [5.41, 5.74) is 0. The van der Waals surface area contributed by atoms with Crippen molar-refractivity contribution in [3.8, 4) is 0 Å². The zero-order valence-corrected chi connectivity index (χ0v) is 7.42. The van der Waals surface area contributed by atoms with Crippen LogP contribution in [0.15, 0.2) is 0 Å². The minimum absolute atomic E-state index is 1.10. The summed E-state index contributed by atoms with van der Waals surface area (Å²) in [6.45, 7) is 2.46. The third kappa shape index (κ3) is 0.666. The molecule has 3 saturated carbocycles. The van der Waals surface area contributed by atoms with Crippen molar-refractivity contribution in [2.75, 3.05) is 0 Å². The van der Waals surface area contributed by atoms with Crippen LogP contribution in [0.3, 0.4) is 0 Å². The monoisotopic (exact) mass is 150 g/mol. The summed E-state index contributed by atoms with van der Waals surface area (Å²) >= 11 is 0. The molecule has 0 radical (unpaired) electrons. The van der Waals surface area contributed by atoms with Gasteiger partial charge in [-0.3, -0.25) is 0 Å². The van der Waals surface area contributed by atoms with Crippen LogP contribution in [0, 0.1) is 29.6 Å². The first-order valence-corrected chi connectivity index (χ1v) is 5.38. The molecule has 11 heavy (non-hydrogen) atoms. The smallest absolute Gasteiger partial charge is 0.0326 e. The maximum atomic E-state index is 2.46. The quantitative estimate of drug-likeness (QED) is 0.498. The first-order chi connectivity index (χ1) is 5.38. The van der Waals surface area contributed by atoms with E-state index in [2.05, 4.69) is 6.92 Å². The van der Waals surface area contributed by atoms with Gasteiger partial charge in [0.2, 0.25) is 0 Å². The molecule has 0 heteroatoms. The maximum absolute atomic E-state index is 2.46. The zero-order valence-electron chi connectivity index (χ0n) is 7.42. The SMILES string of the molecule is CC1CC2C3CCCCC3C12. The summed E-state index contributed by atoms with van der Waals surface area (Å²) in [5, 5.41) is 0. The van der Waals surface area contributed by atoms with Gasteiger partial charge >= 0.3 is 0 Å². The second-order valence-corrected chi connectivity index (χ2v) is 5.07. The van der Waals surface area contributed by atoms with E-state index < -0.39 is 0 Å². The summed E-state index contributed by atoms with van der Waals surface area (Å²) in [7, 11) is 0. The minimum Gasteiger partial charge on any atom is -0.0622 e. The molecule has 62 valence electrons. The average molecular weight is 150 g/mol. The molecular weight excluding hydrogens is 132 g/mol. The van der Waals surface area contributed by atoms with Gasteiger partial charge in [0.05, 0.1) is 0 Å². The van der Waals surface area contributed by atoms with Gasteiger partial charge in [0.1, 0.15) is 0 Å². The lowest BCUT2D eigenvalue weighted by Crippen LogP contribution is -2.58. The minimum atomic E-state index is 1.10. The van der Waals surface area contributed by atoms with E-state index in [0.717, 1.165) is 5.92 Å². The Morgan fingerprint density at radius 3 is 2.36 bits per heavy atom. The Bertz CT molecular complexity index is 167. The second-order valence-electron chi connectivity index (χ2n) is 5.07. The highest BCUT2D eigenvalue weighted by molar-refractivity contribution is 5.07. The van der Waals surface area contributed by atoms with Gasteiger partial charge in [-0.15, -0.1) is 0 Å². The number of hydrogen-bond acceptors (Lipinski definition) is 0. The van der Waals surface area contributed by atoms with E-state index in [9.17, 15) is 0 Å². The predicted molar refractivity (Wildman–Crippen MR) is 46.2 cm³/mol. The zero-order chi connectivity index (χ0) is 7.42. The first kappa shape index (κ1) is 6.51. The Morgan fingerprint density at radius 1 is 0.909 bits per heavy atom. The van der Waals surface area contributed by atoms with Gasteiger partial charge in [-0.1, -0.05) is 19.8 Å². The molecule has 3 aliphatic rings. The molecule has 0 aromatic carbocycles. The van der Waals surface area contributed by atoms with Gasteiger partial charge in [-0.2, -0.15) is 0 Å². The molecule has 0 aromatic heterocycles. The van der Waals surface area contributed by atoms with Crippen molar-refractivity contribution in [1.29, 1.82) is 0 Å². The van der Waals surface area contributed by atoms with Crippen molar-refractivity contribution in [3.63, 3.8) is 0 Å². The molecule has 0 aliphatic heterocycles. The van der Waals surface area contributed by atoms with Crippen molar-refractivity contribution in [2.45, 2.75) is 39.0 Å². The molecule has 0 amide bonds.